The first kappa shape index (κ1) is 15.3. The summed E-state index contributed by atoms with van der Waals surface area (Å²) >= 11 is 5.96. The lowest BCUT2D eigenvalue weighted by atomic mass is 10.1. The van der Waals surface area contributed by atoms with E-state index in [0.29, 0.717) is 19.0 Å². The van der Waals surface area contributed by atoms with Gasteiger partial charge in [-0.3, -0.25) is 0 Å². The molecule has 0 N–H and O–H groups in total. The molecule has 0 radical (unpaired) electrons. The Bertz CT molecular complexity index is 481. The molecule has 1 aliphatic rings. The molecule has 0 amide bonds. The Balaban J connectivity index is 2.25. The van der Waals surface area contributed by atoms with E-state index in [1.54, 1.807) is 0 Å². The van der Waals surface area contributed by atoms with E-state index in [1.165, 1.54) is 0 Å². The zero-order chi connectivity index (χ0) is 14.9. The average Bonchev–Trinajstić information content (AvgIpc) is 2.24. The van der Waals surface area contributed by atoms with Crippen molar-refractivity contribution in [3.63, 3.8) is 0 Å². The van der Waals surface area contributed by atoms with Crippen LogP contribution in [0.5, 0.6) is 6.01 Å². The van der Waals surface area contributed by atoms with Gasteiger partial charge in [0, 0.05) is 13.1 Å². The van der Waals surface area contributed by atoms with Crippen LogP contribution in [-0.4, -0.2) is 45.9 Å². The van der Waals surface area contributed by atoms with E-state index >= 15 is 0 Å². The molecule has 112 valence electrons. The Morgan fingerprint density at radius 1 is 1.35 bits per heavy atom. The van der Waals surface area contributed by atoms with Crippen LogP contribution < -0.4 is 9.64 Å². The molecule has 0 spiro atoms. The third-order valence-corrected chi connectivity index (χ3v) is 2.94. The van der Waals surface area contributed by atoms with E-state index in [9.17, 15) is 0 Å². The maximum absolute atomic E-state index is 5.96. The first-order valence-corrected chi connectivity index (χ1v) is 7.14. The monoisotopic (exact) mass is 300 g/mol. The Kier molecular flexibility index (Phi) is 4.34. The smallest absolute Gasteiger partial charge is 0.322 e. The van der Waals surface area contributed by atoms with Gasteiger partial charge < -0.3 is 14.4 Å². The van der Waals surface area contributed by atoms with E-state index in [1.807, 2.05) is 34.6 Å². The molecule has 2 heterocycles. The first-order chi connectivity index (χ1) is 9.25. The highest BCUT2D eigenvalue weighted by Gasteiger charge is 2.33. The Morgan fingerprint density at radius 3 is 2.65 bits per heavy atom. The van der Waals surface area contributed by atoms with Crippen LogP contribution in [0.25, 0.3) is 0 Å². The summed E-state index contributed by atoms with van der Waals surface area (Å²) in [6.45, 7) is 11.4. The molecule has 1 aliphatic heterocycles. The molecule has 1 fully saturated rings. The summed E-state index contributed by atoms with van der Waals surface area (Å²) in [5, 5.41) is 0.141. The second-order valence-corrected chi connectivity index (χ2v) is 6.26. The number of rotatable bonds is 3. The minimum absolute atomic E-state index is 0.0126. The second kappa shape index (κ2) is 5.69. The van der Waals surface area contributed by atoms with Gasteiger partial charge in [0.2, 0.25) is 11.2 Å². The van der Waals surface area contributed by atoms with Gasteiger partial charge in [-0.1, -0.05) is 0 Å². The summed E-state index contributed by atoms with van der Waals surface area (Å²) in [5.74, 6) is 0.531. The number of morpholine rings is 1. The van der Waals surface area contributed by atoms with Crippen molar-refractivity contribution in [1.82, 2.24) is 15.0 Å². The van der Waals surface area contributed by atoms with Crippen molar-refractivity contribution in [1.29, 1.82) is 0 Å². The first-order valence-electron chi connectivity index (χ1n) is 6.76. The zero-order valence-corrected chi connectivity index (χ0v) is 13.3. The van der Waals surface area contributed by atoms with E-state index < -0.39 is 0 Å². The molecule has 0 aliphatic carbocycles. The SMILES string of the molecule is CC(C)Oc1nc(Cl)nc(N2CC(C)OC(C)(C)C2)n1. The van der Waals surface area contributed by atoms with Crippen LogP contribution in [0.4, 0.5) is 5.95 Å². The predicted octanol–water partition coefficient (Wildman–Crippen LogP) is 2.32. The van der Waals surface area contributed by atoms with Crippen molar-refractivity contribution in [2.75, 3.05) is 18.0 Å². The average molecular weight is 301 g/mol. The van der Waals surface area contributed by atoms with E-state index in [2.05, 4.69) is 19.9 Å². The normalized spacial score (nSPS) is 22.1. The summed E-state index contributed by atoms with van der Waals surface area (Å²) in [6.07, 6.45) is 0.0881. The molecular formula is C13H21ClN4O2. The number of hydrogen-bond acceptors (Lipinski definition) is 6. The van der Waals surface area contributed by atoms with Crippen LogP contribution in [0.15, 0.2) is 0 Å². The van der Waals surface area contributed by atoms with Gasteiger partial charge in [0.05, 0.1) is 17.8 Å². The molecule has 7 heteroatoms. The maximum Gasteiger partial charge on any atom is 0.322 e. The Labute approximate surface area is 124 Å². The van der Waals surface area contributed by atoms with Crippen molar-refractivity contribution in [3.8, 4) is 6.01 Å². The molecule has 1 saturated heterocycles. The number of anilines is 1. The molecule has 6 nitrogen and oxygen atoms in total. The highest BCUT2D eigenvalue weighted by Crippen LogP contribution is 2.25. The summed E-state index contributed by atoms with van der Waals surface area (Å²) in [6, 6.07) is 0.256. The van der Waals surface area contributed by atoms with Crippen LogP contribution in [-0.2, 0) is 4.74 Å². The fourth-order valence-electron chi connectivity index (χ4n) is 2.33. The number of ether oxygens (including phenoxy) is 2. The van der Waals surface area contributed by atoms with Crippen LogP contribution in [0.3, 0.4) is 0 Å². The molecule has 0 saturated carbocycles. The van der Waals surface area contributed by atoms with Crippen molar-refractivity contribution >= 4 is 17.5 Å². The lowest BCUT2D eigenvalue weighted by molar-refractivity contribution is -0.0754. The van der Waals surface area contributed by atoms with Gasteiger partial charge in [-0.05, 0) is 46.2 Å². The minimum atomic E-state index is -0.254. The zero-order valence-electron chi connectivity index (χ0n) is 12.6. The van der Waals surface area contributed by atoms with Crippen LogP contribution >= 0.6 is 11.6 Å². The molecular weight excluding hydrogens is 280 g/mol. The molecule has 1 aromatic heterocycles. The molecule has 0 bridgehead atoms. The maximum atomic E-state index is 5.96. The Hall–Kier alpha value is -1.14. The molecule has 20 heavy (non-hydrogen) atoms. The van der Waals surface area contributed by atoms with Gasteiger partial charge in [0.15, 0.2) is 0 Å². The standard InChI is InChI=1S/C13H21ClN4O2/c1-8(2)19-12-16-10(14)15-11(17-12)18-6-9(3)20-13(4,5)7-18/h8-9H,6-7H2,1-5H3. The van der Waals surface area contributed by atoms with Gasteiger partial charge in [0.25, 0.3) is 0 Å². The number of hydrogen-bond donors (Lipinski definition) is 0. The van der Waals surface area contributed by atoms with Gasteiger partial charge in [0.1, 0.15) is 0 Å². The molecule has 1 unspecified atom stereocenters. The number of aromatic nitrogens is 3. The summed E-state index contributed by atoms with van der Waals surface area (Å²) < 4.78 is 11.4. The van der Waals surface area contributed by atoms with E-state index in [0.717, 1.165) is 0 Å². The Morgan fingerprint density at radius 2 is 2.05 bits per heavy atom. The summed E-state index contributed by atoms with van der Waals surface area (Å²) in [5.41, 5.74) is -0.254. The highest BCUT2D eigenvalue weighted by molar-refractivity contribution is 6.28. The van der Waals surface area contributed by atoms with Crippen molar-refractivity contribution in [2.24, 2.45) is 0 Å². The molecule has 1 aromatic rings. The summed E-state index contributed by atoms with van der Waals surface area (Å²) in [7, 11) is 0. The van der Waals surface area contributed by atoms with Gasteiger partial charge in [-0.2, -0.15) is 15.0 Å². The highest BCUT2D eigenvalue weighted by atomic mass is 35.5. The lowest BCUT2D eigenvalue weighted by Gasteiger charge is -2.41. The molecule has 1 atom stereocenters. The van der Waals surface area contributed by atoms with Crippen LogP contribution in [0.2, 0.25) is 5.28 Å². The lowest BCUT2D eigenvalue weighted by Crippen LogP contribution is -2.52. The van der Waals surface area contributed by atoms with Gasteiger partial charge in [-0.15, -0.1) is 0 Å². The fraction of sp³-hybridized carbons (Fsp3) is 0.769. The van der Waals surface area contributed by atoms with Gasteiger partial charge >= 0.3 is 6.01 Å². The van der Waals surface area contributed by atoms with Crippen molar-refractivity contribution in [3.05, 3.63) is 5.28 Å². The molecule has 0 aromatic carbocycles. The molecule has 2 rings (SSSR count). The third kappa shape index (κ3) is 3.93. The fourth-order valence-corrected chi connectivity index (χ4v) is 2.48. The summed E-state index contributed by atoms with van der Waals surface area (Å²) in [4.78, 5) is 14.6. The topological polar surface area (TPSA) is 60.4 Å². The largest absolute Gasteiger partial charge is 0.461 e. The van der Waals surface area contributed by atoms with E-state index in [-0.39, 0.29) is 29.1 Å². The number of halogens is 1. The number of nitrogens with zero attached hydrogens (tertiary/aromatic N) is 4. The van der Waals surface area contributed by atoms with Crippen LogP contribution in [0, 0.1) is 0 Å². The van der Waals surface area contributed by atoms with E-state index in [4.69, 9.17) is 21.1 Å². The predicted molar refractivity (Wildman–Crippen MR) is 77.4 cm³/mol. The van der Waals surface area contributed by atoms with Crippen molar-refractivity contribution in [2.45, 2.75) is 52.4 Å². The van der Waals surface area contributed by atoms with Gasteiger partial charge in [-0.25, -0.2) is 0 Å². The van der Waals surface area contributed by atoms with Crippen molar-refractivity contribution < 1.29 is 9.47 Å². The second-order valence-electron chi connectivity index (χ2n) is 5.92. The minimum Gasteiger partial charge on any atom is -0.461 e. The third-order valence-electron chi connectivity index (χ3n) is 2.77. The van der Waals surface area contributed by atoms with Crippen LogP contribution in [0.1, 0.15) is 34.6 Å². The quantitative estimate of drug-likeness (QED) is 0.854.